The number of nitrogens with zero attached hydrogens (tertiary/aromatic N) is 2. The Balaban J connectivity index is 1.74. The lowest BCUT2D eigenvalue weighted by Crippen LogP contribution is -2.12. The summed E-state index contributed by atoms with van der Waals surface area (Å²) in [6.07, 6.45) is 0. The molecular weight excluding hydrogens is 442 g/mol. The van der Waals surface area contributed by atoms with Crippen LogP contribution < -0.4 is 10.1 Å². The molecule has 166 valence electrons. The molecule has 0 aliphatic carbocycles. The molecule has 1 amide bonds. The number of carbonyl (C=O) groups excluding carboxylic acids is 2. The molecule has 8 nitrogen and oxygen atoms in total. The maximum Gasteiger partial charge on any atom is 0.341 e. The largest absolute Gasteiger partial charge is 0.505 e. The second-order valence-electron chi connectivity index (χ2n) is 6.86. The number of hydrogen-bond acceptors (Lipinski definition) is 8. The second-order valence-corrected chi connectivity index (χ2v) is 7.75. The summed E-state index contributed by atoms with van der Waals surface area (Å²) >= 11 is 1.21. The highest BCUT2D eigenvalue weighted by Gasteiger charge is 2.19. The molecule has 0 atom stereocenters. The zero-order valence-corrected chi connectivity index (χ0v) is 18.6. The summed E-state index contributed by atoms with van der Waals surface area (Å²) in [5.74, 6) is -0.707. The van der Waals surface area contributed by atoms with Gasteiger partial charge in [0, 0.05) is 11.1 Å². The van der Waals surface area contributed by atoms with Gasteiger partial charge in [-0.1, -0.05) is 24.3 Å². The van der Waals surface area contributed by atoms with E-state index >= 15 is 0 Å². The Morgan fingerprint density at radius 3 is 2.45 bits per heavy atom. The van der Waals surface area contributed by atoms with Crippen LogP contribution >= 0.6 is 11.3 Å². The summed E-state index contributed by atoms with van der Waals surface area (Å²) in [6.45, 7) is 0. The fraction of sp³-hybridized carbons (Fsp3) is 0.0833. The van der Waals surface area contributed by atoms with Gasteiger partial charge in [-0.15, -0.1) is 21.6 Å². The van der Waals surface area contributed by atoms with E-state index in [0.29, 0.717) is 27.2 Å². The third-order valence-corrected chi connectivity index (χ3v) is 5.68. The van der Waals surface area contributed by atoms with Crippen molar-refractivity contribution in [1.29, 1.82) is 0 Å². The highest BCUT2D eigenvalue weighted by Crippen LogP contribution is 2.40. The Kier molecular flexibility index (Phi) is 6.32. The predicted molar refractivity (Wildman–Crippen MR) is 126 cm³/mol. The Morgan fingerprint density at radius 2 is 1.73 bits per heavy atom. The summed E-state index contributed by atoms with van der Waals surface area (Å²) in [7, 11) is 2.84. The van der Waals surface area contributed by atoms with Gasteiger partial charge in [0.05, 0.1) is 25.3 Å². The van der Waals surface area contributed by atoms with Crippen molar-refractivity contribution in [2.45, 2.75) is 0 Å². The van der Waals surface area contributed by atoms with Crippen LogP contribution in [0.3, 0.4) is 0 Å². The van der Waals surface area contributed by atoms with Gasteiger partial charge in [0.25, 0.3) is 5.91 Å². The van der Waals surface area contributed by atoms with Crippen LogP contribution in [0.4, 0.5) is 16.4 Å². The summed E-state index contributed by atoms with van der Waals surface area (Å²) in [6, 6.07) is 17.2. The lowest BCUT2D eigenvalue weighted by atomic mass is 10.0. The minimum Gasteiger partial charge on any atom is -0.505 e. The normalized spacial score (nSPS) is 11.0. The number of phenolic OH excluding ortho intramolecular Hbond substituents is 1. The first-order chi connectivity index (χ1) is 16.0. The lowest BCUT2D eigenvalue weighted by Gasteiger charge is -2.11. The Morgan fingerprint density at radius 1 is 0.970 bits per heavy atom. The van der Waals surface area contributed by atoms with Gasteiger partial charge >= 0.3 is 5.97 Å². The summed E-state index contributed by atoms with van der Waals surface area (Å²) < 4.78 is 9.88. The highest BCUT2D eigenvalue weighted by atomic mass is 32.1. The van der Waals surface area contributed by atoms with E-state index in [4.69, 9.17) is 9.47 Å². The monoisotopic (exact) mass is 461 g/mol. The van der Waals surface area contributed by atoms with Gasteiger partial charge in [0.1, 0.15) is 11.4 Å². The first-order valence-corrected chi connectivity index (χ1v) is 10.7. The van der Waals surface area contributed by atoms with E-state index in [9.17, 15) is 14.7 Å². The number of thiophene rings is 1. The molecule has 0 unspecified atom stereocenters. The maximum atomic E-state index is 13.0. The molecule has 33 heavy (non-hydrogen) atoms. The summed E-state index contributed by atoms with van der Waals surface area (Å²) in [5.41, 5.74) is 0.969. The quantitative estimate of drug-likeness (QED) is 0.267. The summed E-state index contributed by atoms with van der Waals surface area (Å²) in [5, 5.41) is 25.4. The fourth-order valence-corrected chi connectivity index (χ4v) is 3.90. The molecular formula is C24H19N3O5S. The molecule has 1 aromatic heterocycles. The number of phenols is 1. The van der Waals surface area contributed by atoms with Crippen molar-refractivity contribution in [2.75, 3.05) is 19.5 Å². The molecule has 0 aliphatic rings. The van der Waals surface area contributed by atoms with Gasteiger partial charge in [0.2, 0.25) is 0 Å². The molecule has 4 rings (SSSR count). The van der Waals surface area contributed by atoms with E-state index in [1.54, 1.807) is 61.0 Å². The first kappa shape index (κ1) is 22.0. The van der Waals surface area contributed by atoms with Gasteiger partial charge in [-0.05, 0) is 47.2 Å². The zero-order chi connectivity index (χ0) is 23.4. The number of ether oxygens (including phenoxy) is 2. The molecule has 0 bridgehead atoms. The molecule has 4 aromatic rings. The zero-order valence-electron chi connectivity index (χ0n) is 17.7. The van der Waals surface area contributed by atoms with Crippen LogP contribution in [-0.2, 0) is 4.74 Å². The van der Waals surface area contributed by atoms with Crippen LogP contribution in [0.2, 0.25) is 0 Å². The van der Waals surface area contributed by atoms with E-state index < -0.39 is 11.9 Å². The first-order valence-electron chi connectivity index (χ1n) is 9.79. The Hall–Kier alpha value is -4.24. The van der Waals surface area contributed by atoms with Crippen LogP contribution in [0.5, 0.6) is 11.5 Å². The van der Waals surface area contributed by atoms with Crippen molar-refractivity contribution in [3.8, 4) is 11.5 Å². The molecule has 0 radical (unpaired) electrons. The van der Waals surface area contributed by atoms with Crippen molar-refractivity contribution in [3.63, 3.8) is 0 Å². The van der Waals surface area contributed by atoms with Gasteiger partial charge in [-0.2, -0.15) is 0 Å². The molecule has 0 saturated heterocycles. The van der Waals surface area contributed by atoms with E-state index in [1.165, 1.54) is 18.4 Å². The molecule has 0 spiro atoms. The van der Waals surface area contributed by atoms with Crippen LogP contribution in [0, 0.1) is 0 Å². The average Bonchev–Trinajstić information content (AvgIpc) is 3.31. The van der Waals surface area contributed by atoms with Crippen LogP contribution in [0.25, 0.3) is 10.8 Å². The molecule has 0 fully saturated rings. The smallest absolute Gasteiger partial charge is 0.341 e. The Bertz CT molecular complexity index is 1360. The molecule has 1 heterocycles. The van der Waals surface area contributed by atoms with Gasteiger partial charge in [-0.3, -0.25) is 4.79 Å². The third kappa shape index (κ3) is 4.53. The van der Waals surface area contributed by atoms with Gasteiger partial charge in [0.15, 0.2) is 10.8 Å². The number of nitrogens with one attached hydrogen (secondary N) is 1. The number of amides is 1. The van der Waals surface area contributed by atoms with Crippen molar-refractivity contribution in [1.82, 2.24) is 0 Å². The number of carbonyl (C=O) groups is 2. The van der Waals surface area contributed by atoms with Crippen molar-refractivity contribution in [2.24, 2.45) is 10.2 Å². The summed E-state index contributed by atoms with van der Waals surface area (Å²) in [4.78, 5) is 24.9. The fourth-order valence-electron chi connectivity index (χ4n) is 3.20. The molecule has 3 aromatic carbocycles. The van der Waals surface area contributed by atoms with Crippen LogP contribution in [0.1, 0.15) is 20.7 Å². The van der Waals surface area contributed by atoms with Crippen LogP contribution in [-0.4, -0.2) is 31.2 Å². The number of methoxy groups -OCH3 is 2. The number of fused-ring (bicyclic) bond motifs is 1. The molecule has 0 aliphatic heterocycles. The molecule has 2 N–H and O–H groups in total. The second kappa shape index (κ2) is 9.49. The van der Waals surface area contributed by atoms with E-state index in [-0.39, 0.29) is 22.6 Å². The molecule has 9 heteroatoms. The number of hydrogen-bond donors (Lipinski definition) is 2. The standard InChI is InChI=1S/C24H19N3O5S/c1-31-16-9-7-15(8-10-16)25-22(29)19-13-14-5-3-4-6-17(14)20(21(19)28)26-27-23-18(11-12-33-23)24(30)32-2/h3-13,28H,1-2H3,(H,25,29)/b27-26+. The van der Waals surface area contributed by atoms with E-state index in [2.05, 4.69) is 15.5 Å². The Labute approximate surface area is 193 Å². The number of anilines is 1. The van der Waals surface area contributed by atoms with E-state index in [1.807, 2.05) is 12.1 Å². The number of aromatic hydroxyl groups is 1. The van der Waals surface area contributed by atoms with Crippen molar-refractivity contribution < 1.29 is 24.2 Å². The number of esters is 1. The SMILES string of the molecule is COC(=O)c1ccsc1/N=N/c1c(O)c(C(=O)Nc2ccc(OC)cc2)cc2ccccc12. The average molecular weight is 461 g/mol. The van der Waals surface area contributed by atoms with Crippen molar-refractivity contribution >= 4 is 50.4 Å². The lowest BCUT2D eigenvalue weighted by molar-refractivity contribution is 0.0602. The van der Waals surface area contributed by atoms with Crippen LogP contribution in [0.15, 0.2) is 76.3 Å². The number of rotatable bonds is 6. The number of azo groups is 1. The minimum atomic E-state index is -0.535. The van der Waals surface area contributed by atoms with Gasteiger partial charge < -0.3 is 19.9 Å². The van der Waals surface area contributed by atoms with E-state index in [0.717, 1.165) is 0 Å². The highest BCUT2D eigenvalue weighted by molar-refractivity contribution is 7.14. The number of benzene rings is 3. The molecule has 0 saturated carbocycles. The third-order valence-electron chi connectivity index (χ3n) is 4.88. The van der Waals surface area contributed by atoms with Crippen molar-refractivity contribution in [3.05, 3.63) is 77.2 Å². The minimum absolute atomic E-state index is 0.0397. The predicted octanol–water partition coefficient (Wildman–Crippen LogP) is 6.07. The van der Waals surface area contributed by atoms with Gasteiger partial charge in [-0.25, -0.2) is 4.79 Å². The maximum absolute atomic E-state index is 13.0. The topological polar surface area (TPSA) is 110 Å².